The van der Waals surface area contributed by atoms with E-state index in [1.165, 1.54) is 12.1 Å². The minimum atomic E-state index is -0.378. The fraction of sp³-hybridized carbons (Fsp3) is 0.391. The van der Waals surface area contributed by atoms with Crippen LogP contribution in [-0.4, -0.2) is 66.9 Å². The van der Waals surface area contributed by atoms with Crippen molar-refractivity contribution < 1.29 is 14.0 Å². The van der Waals surface area contributed by atoms with Gasteiger partial charge in [0, 0.05) is 44.1 Å². The van der Waals surface area contributed by atoms with Crippen LogP contribution in [0.3, 0.4) is 0 Å². The summed E-state index contributed by atoms with van der Waals surface area (Å²) in [5.74, 6) is -0.461. The number of benzene rings is 2. The number of anilines is 2. The molecule has 1 atom stereocenters. The molecular weight excluding hydrogens is 383 g/mol. The molecule has 0 radical (unpaired) electrons. The second kappa shape index (κ2) is 10.3. The Morgan fingerprint density at radius 3 is 2.40 bits per heavy atom. The Kier molecular flexibility index (Phi) is 7.54. The normalized spacial score (nSPS) is 16.1. The van der Waals surface area contributed by atoms with Gasteiger partial charge in [0.25, 0.3) is 0 Å². The molecule has 2 aromatic rings. The molecule has 0 saturated carbocycles. The van der Waals surface area contributed by atoms with Gasteiger partial charge in [-0.15, -0.1) is 0 Å². The lowest BCUT2D eigenvalue weighted by molar-refractivity contribution is -0.124. The van der Waals surface area contributed by atoms with Crippen LogP contribution in [0.25, 0.3) is 0 Å². The summed E-state index contributed by atoms with van der Waals surface area (Å²) in [4.78, 5) is 31.3. The largest absolute Gasteiger partial charge is 0.325 e. The number of hydrogen-bond donors (Lipinski definition) is 1. The van der Waals surface area contributed by atoms with Gasteiger partial charge in [0.1, 0.15) is 5.82 Å². The fourth-order valence-electron chi connectivity index (χ4n) is 3.73. The number of para-hydroxylation sites is 1. The molecule has 7 heteroatoms. The highest BCUT2D eigenvalue weighted by molar-refractivity contribution is 5.97. The van der Waals surface area contributed by atoms with Crippen LogP contribution in [0.1, 0.15) is 13.8 Å². The molecule has 160 valence electrons. The lowest BCUT2D eigenvalue weighted by atomic mass is 10.1. The number of carbonyl (C=O) groups is 2. The van der Waals surface area contributed by atoms with Gasteiger partial charge in [-0.2, -0.15) is 0 Å². The first-order valence-corrected chi connectivity index (χ1v) is 10.4. The van der Waals surface area contributed by atoms with Crippen LogP contribution < -0.4 is 10.2 Å². The highest BCUT2D eigenvalue weighted by atomic mass is 19.1. The molecule has 0 aromatic heterocycles. The lowest BCUT2D eigenvalue weighted by Gasteiger charge is -2.38. The highest BCUT2D eigenvalue weighted by Crippen LogP contribution is 2.17. The zero-order valence-corrected chi connectivity index (χ0v) is 17.6. The van der Waals surface area contributed by atoms with Crippen molar-refractivity contribution in [3.63, 3.8) is 0 Å². The summed E-state index contributed by atoms with van der Waals surface area (Å²) < 4.78 is 13.3. The Morgan fingerprint density at radius 1 is 1.07 bits per heavy atom. The Labute approximate surface area is 177 Å². The SMILES string of the molecule is CCN(C(=O)[C@H](C)N1CCN(CC(=O)Nc2cccc(F)c2)CC1)c1ccccc1. The number of likely N-dealkylation sites (N-methyl/N-ethyl adjacent to an activating group) is 1. The Morgan fingerprint density at radius 2 is 1.77 bits per heavy atom. The quantitative estimate of drug-likeness (QED) is 0.760. The maximum absolute atomic E-state index is 13.3. The van der Waals surface area contributed by atoms with E-state index in [0.717, 1.165) is 5.69 Å². The van der Waals surface area contributed by atoms with E-state index in [1.54, 1.807) is 12.1 Å². The van der Waals surface area contributed by atoms with E-state index in [0.29, 0.717) is 38.4 Å². The van der Waals surface area contributed by atoms with Gasteiger partial charge in [-0.25, -0.2) is 4.39 Å². The van der Waals surface area contributed by atoms with Gasteiger partial charge in [-0.05, 0) is 44.2 Å². The number of piperazine rings is 1. The number of nitrogens with one attached hydrogen (secondary N) is 1. The van der Waals surface area contributed by atoms with Gasteiger partial charge in [-0.3, -0.25) is 19.4 Å². The van der Waals surface area contributed by atoms with Gasteiger partial charge in [0.2, 0.25) is 11.8 Å². The number of nitrogens with zero attached hydrogens (tertiary/aromatic N) is 3. The maximum atomic E-state index is 13.3. The van der Waals surface area contributed by atoms with E-state index in [2.05, 4.69) is 15.1 Å². The topological polar surface area (TPSA) is 55.9 Å². The summed E-state index contributed by atoms with van der Waals surface area (Å²) in [6.45, 7) is 7.62. The van der Waals surface area contributed by atoms with Crippen LogP contribution in [0.5, 0.6) is 0 Å². The van der Waals surface area contributed by atoms with Crippen LogP contribution in [0.2, 0.25) is 0 Å². The summed E-state index contributed by atoms with van der Waals surface area (Å²) in [6, 6.07) is 15.3. The minimum Gasteiger partial charge on any atom is -0.325 e. The molecule has 1 fully saturated rings. The summed E-state index contributed by atoms with van der Waals surface area (Å²) in [7, 11) is 0. The van der Waals surface area contributed by atoms with Gasteiger partial charge < -0.3 is 10.2 Å². The molecule has 1 saturated heterocycles. The first-order chi connectivity index (χ1) is 14.5. The molecule has 0 unspecified atom stereocenters. The van der Waals surface area contributed by atoms with Crippen molar-refractivity contribution in [2.45, 2.75) is 19.9 Å². The van der Waals surface area contributed by atoms with Crippen molar-refractivity contribution in [2.24, 2.45) is 0 Å². The molecule has 1 aliphatic heterocycles. The third-order valence-corrected chi connectivity index (χ3v) is 5.44. The average Bonchev–Trinajstić information content (AvgIpc) is 2.75. The van der Waals surface area contributed by atoms with Gasteiger partial charge in [0.15, 0.2) is 0 Å². The summed E-state index contributed by atoms with van der Waals surface area (Å²) in [5.41, 5.74) is 1.36. The van der Waals surface area contributed by atoms with E-state index >= 15 is 0 Å². The number of amides is 2. The number of rotatable bonds is 7. The van der Waals surface area contributed by atoms with E-state index in [1.807, 2.05) is 49.1 Å². The minimum absolute atomic E-state index is 0.0843. The second-order valence-corrected chi connectivity index (χ2v) is 7.46. The van der Waals surface area contributed by atoms with Crippen molar-refractivity contribution in [2.75, 3.05) is 49.5 Å². The fourth-order valence-corrected chi connectivity index (χ4v) is 3.73. The average molecular weight is 413 g/mol. The maximum Gasteiger partial charge on any atom is 0.244 e. The molecule has 1 heterocycles. The van der Waals surface area contributed by atoms with Crippen LogP contribution in [0.15, 0.2) is 54.6 Å². The Balaban J connectivity index is 1.49. The molecule has 2 aromatic carbocycles. The van der Waals surface area contributed by atoms with Gasteiger partial charge >= 0.3 is 0 Å². The van der Waals surface area contributed by atoms with Crippen molar-refractivity contribution in [3.05, 3.63) is 60.4 Å². The Bertz CT molecular complexity index is 853. The third-order valence-electron chi connectivity index (χ3n) is 5.44. The van der Waals surface area contributed by atoms with E-state index in [4.69, 9.17) is 0 Å². The van der Waals surface area contributed by atoms with Crippen LogP contribution in [0.4, 0.5) is 15.8 Å². The van der Waals surface area contributed by atoms with Crippen LogP contribution in [-0.2, 0) is 9.59 Å². The summed E-state index contributed by atoms with van der Waals surface area (Å²) >= 11 is 0. The van der Waals surface area contributed by atoms with E-state index < -0.39 is 0 Å². The number of hydrogen-bond acceptors (Lipinski definition) is 4. The van der Waals surface area contributed by atoms with Crippen molar-refractivity contribution in [3.8, 4) is 0 Å². The molecule has 30 heavy (non-hydrogen) atoms. The molecule has 0 spiro atoms. The molecule has 3 rings (SSSR count). The van der Waals surface area contributed by atoms with Gasteiger partial charge in [0.05, 0.1) is 12.6 Å². The predicted octanol–water partition coefficient (Wildman–Crippen LogP) is 2.82. The van der Waals surface area contributed by atoms with E-state index in [9.17, 15) is 14.0 Å². The lowest BCUT2D eigenvalue weighted by Crippen LogP contribution is -2.55. The Hall–Kier alpha value is -2.77. The summed E-state index contributed by atoms with van der Waals surface area (Å²) in [6.07, 6.45) is 0. The zero-order valence-electron chi connectivity index (χ0n) is 17.6. The first-order valence-electron chi connectivity index (χ1n) is 10.4. The molecule has 1 aliphatic rings. The predicted molar refractivity (Wildman–Crippen MR) is 117 cm³/mol. The molecule has 1 N–H and O–H groups in total. The zero-order chi connectivity index (χ0) is 21.5. The number of carbonyl (C=O) groups excluding carboxylic acids is 2. The highest BCUT2D eigenvalue weighted by Gasteiger charge is 2.29. The number of halogens is 1. The molecule has 6 nitrogen and oxygen atoms in total. The monoisotopic (exact) mass is 412 g/mol. The van der Waals surface area contributed by atoms with Crippen LogP contribution in [0, 0.1) is 5.82 Å². The smallest absolute Gasteiger partial charge is 0.244 e. The molecule has 0 aliphatic carbocycles. The molecule has 2 amide bonds. The van der Waals surface area contributed by atoms with E-state index in [-0.39, 0.29) is 30.2 Å². The van der Waals surface area contributed by atoms with Crippen molar-refractivity contribution in [1.82, 2.24) is 9.80 Å². The third kappa shape index (κ3) is 5.64. The van der Waals surface area contributed by atoms with Crippen molar-refractivity contribution >= 4 is 23.2 Å². The standard InChI is InChI=1S/C23H29FN4O2/c1-3-28(21-10-5-4-6-11-21)23(30)18(2)27-14-12-26(13-15-27)17-22(29)25-20-9-7-8-19(24)16-20/h4-11,16,18H,3,12-15,17H2,1-2H3,(H,25,29)/t18-/m0/s1. The molecular formula is C23H29FN4O2. The van der Waals surface area contributed by atoms with Gasteiger partial charge in [-0.1, -0.05) is 24.3 Å². The second-order valence-electron chi connectivity index (χ2n) is 7.46. The van der Waals surface area contributed by atoms with Crippen molar-refractivity contribution in [1.29, 1.82) is 0 Å². The first kappa shape index (κ1) is 21.9. The summed E-state index contributed by atoms with van der Waals surface area (Å²) in [5, 5.41) is 2.73. The van der Waals surface area contributed by atoms with Crippen LogP contribution >= 0.6 is 0 Å². The molecule has 0 bridgehead atoms.